The van der Waals surface area contributed by atoms with Crippen LogP contribution in [0.2, 0.25) is 33.0 Å². The van der Waals surface area contributed by atoms with Gasteiger partial charge in [-0.05, 0) is 0 Å². The molecule has 0 saturated heterocycles. The van der Waals surface area contributed by atoms with Gasteiger partial charge in [-0.25, -0.2) is 0 Å². The van der Waals surface area contributed by atoms with Gasteiger partial charge in [-0.3, -0.25) is 0 Å². The molecular formula is C26H50SiSn. The molecule has 0 spiro atoms. The topological polar surface area (TPSA) is 0 Å². The predicted molar refractivity (Wildman–Crippen MR) is 137 cm³/mol. The van der Waals surface area contributed by atoms with E-state index in [1.807, 2.05) is 3.59 Å². The molecule has 0 heterocycles. The van der Waals surface area contributed by atoms with Crippen LogP contribution in [0.5, 0.6) is 0 Å². The van der Waals surface area contributed by atoms with Crippen molar-refractivity contribution in [1.29, 1.82) is 0 Å². The zero-order chi connectivity index (χ0) is 21.3. The summed E-state index contributed by atoms with van der Waals surface area (Å²) in [5.41, 5.74) is 3.53. The molecule has 0 fully saturated rings. The Balaban J connectivity index is 5.83. The molecule has 0 nitrogen and oxygen atoms in total. The Hall–Kier alpha value is 0.0556. The van der Waals surface area contributed by atoms with E-state index in [9.17, 15) is 0 Å². The number of allylic oxidation sites excluding steroid dienone is 4. The van der Waals surface area contributed by atoms with Crippen molar-refractivity contribution in [2.24, 2.45) is 0 Å². The summed E-state index contributed by atoms with van der Waals surface area (Å²) >= 11 is -2.34. The zero-order valence-electron chi connectivity index (χ0n) is 20.4. The van der Waals surface area contributed by atoms with Gasteiger partial charge in [-0.15, -0.1) is 0 Å². The van der Waals surface area contributed by atoms with E-state index < -0.39 is 26.5 Å². The van der Waals surface area contributed by atoms with Crippen LogP contribution in [0, 0.1) is 11.5 Å². The molecule has 0 aromatic rings. The first kappa shape index (κ1) is 28.1. The van der Waals surface area contributed by atoms with Crippen LogP contribution >= 0.6 is 0 Å². The maximum absolute atomic E-state index is 3.53. The predicted octanol–water partition coefficient (Wildman–Crippen LogP) is 9.32. The molecule has 0 bridgehead atoms. The van der Waals surface area contributed by atoms with Crippen LogP contribution in [0.25, 0.3) is 0 Å². The van der Waals surface area contributed by atoms with Crippen molar-refractivity contribution in [3.63, 3.8) is 0 Å². The number of rotatable bonds is 15. The Bertz CT molecular complexity index is 477. The molecule has 0 saturated carbocycles. The first-order valence-electron chi connectivity index (χ1n) is 12.2. The van der Waals surface area contributed by atoms with Crippen LogP contribution in [-0.2, 0) is 0 Å². The van der Waals surface area contributed by atoms with Gasteiger partial charge in [0.2, 0.25) is 0 Å². The van der Waals surface area contributed by atoms with Crippen LogP contribution < -0.4 is 0 Å². The van der Waals surface area contributed by atoms with Gasteiger partial charge in [0.15, 0.2) is 0 Å². The summed E-state index contributed by atoms with van der Waals surface area (Å²) in [5, 5.41) is 0. The van der Waals surface area contributed by atoms with Gasteiger partial charge < -0.3 is 0 Å². The second-order valence-electron chi connectivity index (χ2n) is 9.60. The molecule has 28 heavy (non-hydrogen) atoms. The third-order valence-electron chi connectivity index (χ3n) is 5.60. The van der Waals surface area contributed by atoms with E-state index >= 15 is 0 Å². The summed E-state index contributed by atoms with van der Waals surface area (Å²) in [6.45, 7) is 16.4. The van der Waals surface area contributed by atoms with Crippen LogP contribution in [-0.4, -0.2) is 26.5 Å². The minimum absolute atomic E-state index is 1.28. The minimum atomic E-state index is -2.34. The molecule has 0 aromatic carbocycles. The van der Waals surface area contributed by atoms with Crippen LogP contribution in [0.15, 0.2) is 21.8 Å². The summed E-state index contributed by atoms with van der Waals surface area (Å²) in [6, 6.07) is 0. The molecule has 0 N–H and O–H groups in total. The maximum atomic E-state index is 3.53. The van der Waals surface area contributed by atoms with E-state index in [1.165, 1.54) is 64.2 Å². The Labute approximate surface area is 183 Å². The Morgan fingerprint density at radius 1 is 0.750 bits per heavy atom. The van der Waals surface area contributed by atoms with Gasteiger partial charge in [0.05, 0.1) is 0 Å². The van der Waals surface area contributed by atoms with Crippen LogP contribution in [0.1, 0.15) is 91.9 Å². The standard InChI is InChI=1S/C14H23Si.3C4H9.Sn/c1-5-6-7-8-9-10-11-12-13-14-15(2,3)4;3*1-3-4-2;/h9,11-12H,5-8H2,1-4H3;3*1,3-4H2,2H3;/b10-9?,12-11-;;;;. The van der Waals surface area contributed by atoms with Crippen molar-refractivity contribution in [2.75, 3.05) is 0 Å². The van der Waals surface area contributed by atoms with Crippen molar-refractivity contribution in [2.45, 2.75) is 125 Å². The Kier molecular flexibility index (Phi) is 16.8. The number of hydrogen-bond acceptors (Lipinski definition) is 0. The quantitative estimate of drug-likeness (QED) is 0.0893. The van der Waals surface area contributed by atoms with Crippen LogP contribution in [0.4, 0.5) is 0 Å². The normalized spacial score (nSPS) is 13.0. The zero-order valence-corrected chi connectivity index (χ0v) is 24.3. The fraction of sp³-hybridized carbons (Fsp3) is 0.769. The molecule has 0 radical (unpaired) electrons. The van der Waals surface area contributed by atoms with Crippen LogP contribution in [0.3, 0.4) is 0 Å². The Morgan fingerprint density at radius 3 is 1.68 bits per heavy atom. The van der Waals surface area contributed by atoms with Crippen molar-refractivity contribution < 1.29 is 0 Å². The molecular weight excluding hydrogens is 459 g/mol. The first-order valence-corrected chi connectivity index (χ1v) is 23.2. The van der Waals surface area contributed by atoms with Gasteiger partial charge in [-0.2, -0.15) is 0 Å². The fourth-order valence-electron chi connectivity index (χ4n) is 3.86. The number of hydrogen-bond donors (Lipinski definition) is 0. The molecule has 0 aliphatic carbocycles. The van der Waals surface area contributed by atoms with Crippen molar-refractivity contribution in [3.05, 3.63) is 21.8 Å². The Morgan fingerprint density at radius 2 is 1.25 bits per heavy atom. The van der Waals surface area contributed by atoms with E-state index in [2.05, 4.69) is 77.0 Å². The molecule has 0 aromatic heterocycles. The van der Waals surface area contributed by atoms with E-state index in [0.717, 1.165) is 0 Å². The third-order valence-corrected chi connectivity index (χ3v) is 22.3. The second kappa shape index (κ2) is 16.8. The van der Waals surface area contributed by atoms with E-state index in [1.54, 1.807) is 13.3 Å². The second-order valence-corrected chi connectivity index (χ2v) is 27.6. The van der Waals surface area contributed by atoms with E-state index in [-0.39, 0.29) is 0 Å². The monoisotopic (exact) mass is 510 g/mol. The van der Waals surface area contributed by atoms with Gasteiger partial charge in [-0.1, -0.05) is 0 Å². The summed E-state index contributed by atoms with van der Waals surface area (Å²) in [4.78, 5) is 0. The fourth-order valence-corrected chi connectivity index (χ4v) is 20.7. The van der Waals surface area contributed by atoms with E-state index in [4.69, 9.17) is 0 Å². The van der Waals surface area contributed by atoms with E-state index in [0.29, 0.717) is 0 Å². The van der Waals surface area contributed by atoms with Gasteiger partial charge in [0.1, 0.15) is 0 Å². The molecule has 0 atom stereocenters. The van der Waals surface area contributed by atoms with Gasteiger partial charge in [0.25, 0.3) is 0 Å². The summed E-state index contributed by atoms with van der Waals surface area (Å²) in [5.74, 6) is 3.42. The first-order chi connectivity index (χ1) is 13.3. The molecule has 0 unspecified atom stereocenters. The molecule has 0 rings (SSSR count). The van der Waals surface area contributed by atoms with Gasteiger partial charge >= 0.3 is 185 Å². The van der Waals surface area contributed by atoms with Crippen molar-refractivity contribution in [1.82, 2.24) is 0 Å². The van der Waals surface area contributed by atoms with Crippen molar-refractivity contribution in [3.8, 4) is 11.5 Å². The van der Waals surface area contributed by atoms with Crippen molar-refractivity contribution >= 4 is 26.5 Å². The molecule has 2 heteroatoms. The molecule has 0 aliphatic rings. The molecule has 0 amide bonds. The average Bonchev–Trinajstić information content (AvgIpc) is 2.66. The average molecular weight is 509 g/mol. The molecule has 162 valence electrons. The third kappa shape index (κ3) is 13.3. The molecule has 0 aliphatic heterocycles. The summed E-state index contributed by atoms with van der Waals surface area (Å²) in [7, 11) is -1.29. The summed E-state index contributed by atoms with van der Waals surface area (Å²) < 4.78 is 6.47. The SMILES string of the molecule is CCCCC/C=[C](\C=C/C#C[Si](C)(C)C)[Sn]([CH2]CCC)([CH2]CCC)[CH2]CCC. The summed E-state index contributed by atoms with van der Waals surface area (Å²) in [6.07, 6.45) is 21.1. The van der Waals surface area contributed by atoms with Gasteiger partial charge in [0, 0.05) is 0 Å². The number of unbranched alkanes of at least 4 members (excludes halogenated alkanes) is 6.